The summed E-state index contributed by atoms with van der Waals surface area (Å²) in [7, 11) is 1.41. The van der Waals surface area contributed by atoms with E-state index in [-0.39, 0.29) is 5.69 Å². The molecule has 130 valence electrons. The van der Waals surface area contributed by atoms with Crippen LogP contribution < -0.4 is 9.84 Å². The van der Waals surface area contributed by atoms with Crippen LogP contribution in [0.3, 0.4) is 0 Å². The monoisotopic (exact) mass is 370 g/mol. The summed E-state index contributed by atoms with van der Waals surface area (Å²) in [6.45, 7) is 0. The highest BCUT2D eigenvalue weighted by Gasteiger charge is 2.36. The third kappa shape index (κ3) is 2.98. The number of methoxy groups -OCH3 is 1. The first-order valence-corrected chi connectivity index (χ1v) is 7.12. The van der Waals surface area contributed by atoms with Gasteiger partial charge in [-0.25, -0.2) is 9.50 Å². The molecule has 0 aliphatic rings. The molecule has 0 aliphatic carbocycles. The number of nitrogens with zero attached hydrogens (tertiary/aromatic N) is 3. The van der Waals surface area contributed by atoms with Gasteiger partial charge in [0.1, 0.15) is 16.5 Å². The normalized spacial score (nSPS) is 11.7. The van der Waals surface area contributed by atoms with Gasteiger partial charge in [0.2, 0.25) is 0 Å². The van der Waals surface area contributed by atoms with Crippen molar-refractivity contribution < 1.29 is 27.8 Å². The molecule has 6 nitrogen and oxygen atoms in total. The molecule has 3 aromatic rings. The Balaban J connectivity index is 2.34. The van der Waals surface area contributed by atoms with Crippen LogP contribution in [0.25, 0.3) is 16.9 Å². The van der Waals surface area contributed by atoms with Gasteiger partial charge in [-0.1, -0.05) is 23.7 Å². The van der Waals surface area contributed by atoms with E-state index in [1.807, 2.05) is 0 Å². The molecule has 25 heavy (non-hydrogen) atoms. The number of hydrogen-bond acceptors (Lipinski definition) is 5. The lowest BCUT2D eigenvalue weighted by molar-refractivity contribution is -0.255. The summed E-state index contributed by atoms with van der Waals surface area (Å²) >= 11 is 5.83. The van der Waals surface area contributed by atoms with Crippen LogP contribution in [0.5, 0.6) is 5.75 Å². The first-order chi connectivity index (χ1) is 11.7. The van der Waals surface area contributed by atoms with Crippen LogP contribution in [0.2, 0.25) is 5.02 Å². The lowest BCUT2D eigenvalue weighted by Gasteiger charge is -2.11. The fourth-order valence-electron chi connectivity index (χ4n) is 2.25. The summed E-state index contributed by atoms with van der Waals surface area (Å²) in [6, 6.07) is 6.98. The van der Waals surface area contributed by atoms with Gasteiger partial charge in [0.15, 0.2) is 11.3 Å². The Morgan fingerprint density at radius 1 is 1.32 bits per heavy atom. The molecule has 0 aliphatic heterocycles. The van der Waals surface area contributed by atoms with Gasteiger partial charge >= 0.3 is 6.18 Å². The van der Waals surface area contributed by atoms with Crippen molar-refractivity contribution in [2.75, 3.05) is 7.11 Å². The van der Waals surface area contributed by atoms with E-state index in [1.54, 1.807) is 12.1 Å². The van der Waals surface area contributed by atoms with Crippen LogP contribution in [0.1, 0.15) is 16.2 Å². The maximum Gasteiger partial charge on any atom is 0.433 e. The first kappa shape index (κ1) is 17.0. The molecule has 0 radical (unpaired) electrons. The molecule has 10 heteroatoms. The second kappa shape index (κ2) is 5.92. The zero-order valence-electron chi connectivity index (χ0n) is 12.5. The molecule has 1 aromatic carbocycles. The van der Waals surface area contributed by atoms with E-state index in [1.165, 1.54) is 19.2 Å². The quantitative estimate of drug-likeness (QED) is 0.707. The topological polar surface area (TPSA) is 79.5 Å². The third-order valence-corrected chi connectivity index (χ3v) is 3.73. The highest BCUT2D eigenvalue weighted by molar-refractivity contribution is 6.36. The summed E-state index contributed by atoms with van der Waals surface area (Å²) in [6.07, 6.45) is -4.81. The predicted molar refractivity (Wildman–Crippen MR) is 79.3 cm³/mol. The zero-order valence-corrected chi connectivity index (χ0v) is 13.2. The predicted octanol–water partition coefficient (Wildman–Crippen LogP) is 2.44. The minimum Gasteiger partial charge on any atom is -0.543 e. The number of hydrogen-bond donors (Lipinski definition) is 0. The summed E-state index contributed by atoms with van der Waals surface area (Å²) in [5.41, 5.74) is -2.20. The number of carbonyl (C=O) groups excluding carboxylic acids is 1. The number of fused-ring (bicyclic) bond motifs is 1. The van der Waals surface area contributed by atoms with E-state index in [0.29, 0.717) is 15.8 Å². The standard InChI is InChI=1S/C15H9ClF3N3O3/c1-25-8-4-2-3-7(5-8)9-6-10(15(17,18)19)22-13(20-9)11(16)12(21-22)14(23)24/h2-6H,1H3,(H,23,24)/p-1. The molecule has 0 spiro atoms. The van der Waals surface area contributed by atoms with Gasteiger partial charge in [-0.3, -0.25) is 0 Å². The molecule has 0 saturated carbocycles. The zero-order chi connectivity index (χ0) is 18.4. The molecule has 0 bridgehead atoms. The van der Waals surface area contributed by atoms with Crippen LogP contribution in [0.4, 0.5) is 13.2 Å². The molecular weight excluding hydrogens is 363 g/mol. The molecule has 0 atom stereocenters. The Kier molecular flexibility index (Phi) is 4.03. The maximum atomic E-state index is 13.4. The lowest BCUT2D eigenvalue weighted by atomic mass is 10.1. The van der Waals surface area contributed by atoms with Crippen molar-refractivity contribution in [1.82, 2.24) is 14.6 Å². The molecule has 3 rings (SSSR count). The summed E-state index contributed by atoms with van der Waals surface area (Å²) in [5, 5.41) is 13.8. The van der Waals surface area contributed by atoms with Crippen molar-refractivity contribution in [1.29, 1.82) is 0 Å². The van der Waals surface area contributed by atoms with Gasteiger partial charge in [-0.05, 0) is 18.2 Å². The number of halogens is 4. The van der Waals surface area contributed by atoms with Crippen molar-refractivity contribution in [2.24, 2.45) is 0 Å². The molecule has 0 saturated heterocycles. The number of alkyl halides is 3. The number of carboxylic acid groups (broad SMARTS) is 1. The fourth-order valence-corrected chi connectivity index (χ4v) is 2.49. The average Bonchev–Trinajstić information content (AvgIpc) is 2.90. The van der Waals surface area contributed by atoms with E-state index >= 15 is 0 Å². The summed E-state index contributed by atoms with van der Waals surface area (Å²) < 4.78 is 45.5. The minimum absolute atomic E-state index is 0.0644. The number of carbonyl (C=O) groups is 1. The Morgan fingerprint density at radius 2 is 2.04 bits per heavy atom. The summed E-state index contributed by atoms with van der Waals surface area (Å²) in [5.74, 6) is -1.38. The maximum absolute atomic E-state index is 13.4. The van der Waals surface area contributed by atoms with Gasteiger partial charge in [0.05, 0.1) is 18.8 Å². The molecule has 0 unspecified atom stereocenters. The molecule has 0 amide bonds. The van der Waals surface area contributed by atoms with E-state index in [9.17, 15) is 23.1 Å². The van der Waals surface area contributed by atoms with Crippen LogP contribution in [0, 0.1) is 0 Å². The third-order valence-electron chi connectivity index (χ3n) is 3.38. The highest BCUT2D eigenvalue weighted by Crippen LogP contribution is 2.35. The molecule has 2 heterocycles. The summed E-state index contributed by atoms with van der Waals surface area (Å²) in [4.78, 5) is 15.0. The average molecular weight is 371 g/mol. The van der Waals surface area contributed by atoms with Crippen LogP contribution >= 0.6 is 11.6 Å². The van der Waals surface area contributed by atoms with Gasteiger partial charge in [-0.15, -0.1) is 0 Å². The van der Waals surface area contributed by atoms with Gasteiger partial charge in [0.25, 0.3) is 0 Å². The van der Waals surface area contributed by atoms with Crippen LogP contribution in [-0.2, 0) is 6.18 Å². The second-order valence-electron chi connectivity index (χ2n) is 4.94. The van der Waals surface area contributed by atoms with Crippen molar-refractivity contribution in [3.8, 4) is 17.0 Å². The van der Waals surface area contributed by atoms with Crippen molar-refractivity contribution >= 4 is 23.2 Å². The lowest BCUT2D eigenvalue weighted by Crippen LogP contribution is -2.23. The molecule has 0 fully saturated rings. The van der Waals surface area contributed by atoms with Crippen molar-refractivity contribution in [3.05, 3.63) is 46.7 Å². The Morgan fingerprint density at radius 3 is 2.64 bits per heavy atom. The van der Waals surface area contributed by atoms with E-state index < -0.39 is 34.2 Å². The van der Waals surface area contributed by atoms with Crippen molar-refractivity contribution in [2.45, 2.75) is 6.18 Å². The number of aromatic carboxylic acids is 1. The van der Waals surface area contributed by atoms with Crippen molar-refractivity contribution in [3.63, 3.8) is 0 Å². The smallest absolute Gasteiger partial charge is 0.433 e. The SMILES string of the molecule is COc1cccc(-c2cc(C(F)(F)F)n3nc(C(=O)[O-])c(Cl)c3n2)c1. The number of ether oxygens (including phenoxy) is 1. The molecule has 2 aromatic heterocycles. The van der Waals surface area contributed by atoms with Gasteiger partial charge in [0, 0.05) is 5.56 Å². The minimum atomic E-state index is -4.81. The van der Waals surface area contributed by atoms with E-state index in [2.05, 4.69) is 10.1 Å². The van der Waals surface area contributed by atoms with Crippen LogP contribution in [0.15, 0.2) is 30.3 Å². The first-order valence-electron chi connectivity index (χ1n) is 6.74. The second-order valence-corrected chi connectivity index (χ2v) is 5.32. The number of benzene rings is 1. The number of aromatic nitrogens is 3. The Hall–Kier alpha value is -2.81. The molecular formula is C15H8ClF3N3O3-. The van der Waals surface area contributed by atoms with Crippen LogP contribution in [-0.4, -0.2) is 27.7 Å². The Labute approximate surface area is 143 Å². The largest absolute Gasteiger partial charge is 0.543 e. The van der Waals surface area contributed by atoms with Gasteiger partial charge in [-0.2, -0.15) is 18.3 Å². The van der Waals surface area contributed by atoms with Gasteiger partial charge < -0.3 is 14.6 Å². The number of rotatable bonds is 3. The fraction of sp³-hybridized carbons (Fsp3) is 0.133. The molecule has 0 N–H and O–H groups in total. The highest BCUT2D eigenvalue weighted by atomic mass is 35.5. The number of carboxylic acids is 1. The van der Waals surface area contributed by atoms with E-state index in [4.69, 9.17) is 16.3 Å². The Bertz CT molecular complexity index is 985. The van der Waals surface area contributed by atoms with E-state index in [0.717, 1.165) is 6.07 Å².